The van der Waals surface area contributed by atoms with E-state index in [4.69, 9.17) is 18.6 Å². The van der Waals surface area contributed by atoms with Crippen LogP contribution >= 0.6 is 0 Å². The summed E-state index contributed by atoms with van der Waals surface area (Å²) >= 11 is 0. The monoisotopic (exact) mass is 422 g/mol. The molecule has 0 atom stereocenters. The molecule has 0 spiro atoms. The highest BCUT2D eigenvalue weighted by Crippen LogP contribution is 2.35. The van der Waals surface area contributed by atoms with Crippen LogP contribution in [0.3, 0.4) is 0 Å². The van der Waals surface area contributed by atoms with Gasteiger partial charge in [-0.3, -0.25) is 0 Å². The topological polar surface area (TPSA) is 75.0 Å². The van der Waals surface area contributed by atoms with Gasteiger partial charge in [-0.1, -0.05) is 37.3 Å². The van der Waals surface area contributed by atoms with Crippen LogP contribution < -0.4 is 19.8 Å². The van der Waals surface area contributed by atoms with Gasteiger partial charge in [-0.15, -0.1) is 0 Å². The molecule has 0 aliphatic heterocycles. The molecule has 0 saturated heterocycles. The summed E-state index contributed by atoms with van der Waals surface area (Å²) in [6, 6.07) is 13.6. The molecule has 0 amide bonds. The van der Waals surface area contributed by atoms with Crippen molar-refractivity contribution in [2.75, 3.05) is 6.61 Å². The molecule has 0 fully saturated rings. The van der Waals surface area contributed by atoms with Crippen molar-refractivity contribution in [3.8, 4) is 17.2 Å². The van der Waals surface area contributed by atoms with Crippen molar-refractivity contribution in [3.05, 3.63) is 76.7 Å². The third-order valence-corrected chi connectivity index (χ3v) is 4.30. The predicted octanol–water partition coefficient (Wildman–Crippen LogP) is 5.53. The average Bonchev–Trinajstić information content (AvgIpc) is 2.75. The van der Waals surface area contributed by atoms with E-state index in [1.807, 2.05) is 32.9 Å². The van der Waals surface area contributed by atoms with Gasteiger partial charge >= 0.3 is 11.6 Å². The highest BCUT2D eigenvalue weighted by molar-refractivity contribution is 5.95. The van der Waals surface area contributed by atoms with Crippen LogP contribution in [0.4, 0.5) is 0 Å². The van der Waals surface area contributed by atoms with E-state index in [-0.39, 0.29) is 29.8 Å². The van der Waals surface area contributed by atoms with Gasteiger partial charge < -0.3 is 18.6 Å². The average molecular weight is 422 g/mol. The molecular weight excluding hydrogens is 396 g/mol. The quantitative estimate of drug-likeness (QED) is 0.195. The summed E-state index contributed by atoms with van der Waals surface area (Å²) < 4.78 is 22.5. The van der Waals surface area contributed by atoms with Crippen molar-refractivity contribution in [2.24, 2.45) is 0 Å². The molecule has 0 N–H and O–H groups in total. The van der Waals surface area contributed by atoms with Gasteiger partial charge in [0, 0.05) is 6.07 Å². The normalized spacial score (nSPS) is 11.2. The third-order valence-electron chi connectivity index (χ3n) is 4.30. The van der Waals surface area contributed by atoms with Gasteiger partial charge in [0.2, 0.25) is 5.75 Å². The van der Waals surface area contributed by atoms with E-state index in [2.05, 4.69) is 0 Å². The van der Waals surface area contributed by atoms with E-state index < -0.39 is 11.6 Å². The molecule has 0 saturated carbocycles. The van der Waals surface area contributed by atoms with E-state index in [0.717, 1.165) is 6.42 Å². The van der Waals surface area contributed by atoms with Crippen molar-refractivity contribution in [2.45, 2.75) is 39.7 Å². The number of esters is 1. The fourth-order valence-corrected chi connectivity index (χ4v) is 2.95. The Balaban J connectivity index is 2.01. The number of hydrogen-bond donors (Lipinski definition) is 0. The van der Waals surface area contributed by atoms with E-state index in [9.17, 15) is 9.59 Å². The van der Waals surface area contributed by atoms with E-state index in [1.54, 1.807) is 48.5 Å². The van der Waals surface area contributed by atoms with E-state index in [0.29, 0.717) is 23.1 Å². The van der Waals surface area contributed by atoms with Crippen LogP contribution in [-0.4, -0.2) is 18.7 Å². The zero-order valence-electron chi connectivity index (χ0n) is 17.9. The molecule has 1 heterocycles. The van der Waals surface area contributed by atoms with Crippen LogP contribution in [0, 0.1) is 0 Å². The Kier molecular flexibility index (Phi) is 7.49. The summed E-state index contributed by atoms with van der Waals surface area (Å²) in [6.45, 7) is 6.08. The Bertz CT molecular complexity index is 1110. The molecule has 31 heavy (non-hydrogen) atoms. The maximum Gasteiger partial charge on any atom is 0.383 e. The number of carbonyl (C=O) groups is 1. The molecule has 6 nitrogen and oxygen atoms in total. The van der Waals surface area contributed by atoms with Gasteiger partial charge in [0.15, 0.2) is 5.75 Å². The molecule has 6 heteroatoms. The molecular formula is C25H26O6. The summed E-state index contributed by atoms with van der Waals surface area (Å²) in [5.74, 6) is -0.134. The molecule has 1 aromatic heterocycles. The number of fused-ring (bicyclic) bond motifs is 1. The Labute approximate surface area is 181 Å². The molecule has 3 rings (SSSR count). The fourth-order valence-electron chi connectivity index (χ4n) is 2.95. The van der Waals surface area contributed by atoms with Crippen LogP contribution in [-0.2, 0) is 0 Å². The SMILES string of the molecule is CC/C=C/CCOc1c(OC(=O)c2ccccc2)c2ccc(OC(C)C)cc2oc1=O. The van der Waals surface area contributed by atoms with Gasteiger partial charge in [-0.05, 0) is 51.0 Å². The van der Waals surface area contributed by atoms with E-state index >= 15 is 0 Å². The summed E-state index contributed by atoms with van der Waals surface area (Å²) in [5, 5.41) is 0.444. The minimum atomic E-state index is -0.718. The number of carbonyl (C=O) groups excluding carboxylic acids is 1. The standard InChI is InChI=1S/C25H26O6/c1-4-5-6-10-15-28-23-22(31-24(26)18-11-8-7-9-12-18)20-14-13-19(29-17(2)3)16-21(20)30-25(23)27/h5-9,11-14,16-17H,4,10,15H2,1-3H3/b6-5+. The second-order valence-corrected chi connectivity index (χ2v) is 7.14. The van der Waals surface area contributed by atoms with Gasteiger partial charge in [-0.2, -0.15) is 0 Å². The fraction of sp³-hybridized carbons (Fsp3) is 0.280. The van der Waals surface area contributed by atoms with Crippen molar-refractivity contribution < 1.29 is 23.4 Å². The largest absolute Gasteiger partial charge is 0.491 e. The lowest BCUT2D eigenvalue weighted by Gasteiger charge is -2.14. The maximum absolute atomic E-state index is 12.7. The number of benzene rings is 2. The van der Waals surface area contributed by atoms with Crippen molar-refractivity contribution in [1.82, 2.24) is 0 Å². The second-order valence-electron chi connectivity index (χ2n) is 7.14. The van der Waals surface area contributed by atoms with Gasteiger partial charge in [0.05, 0.1) is 23.7 Å². The van der Waals surface area contributed by atoms with E-state index in [1.165, 1.54) is 0 Å². The molecule has 0 aliphatic rings. The molecule has 2 aromatic carbocycles. The summed E-state index contributed by atoms with van der Waals surface area (Å²) in [5.41, 5.74) is -0.109. The third kappa shape index (κ3) is 5.75. The first-order chi connectivity index (χ1) is 15.0. The molecule has 162 valence electrons. The highest BCUT2D eigenvalue weighted by Gasteiger charge is 2.22. The summed E-state index contributed by atoms with van der Waals surface area (Å²) in [7, 11) is 0. The van der Waals surface area contributed by atoms with Crippen LogP contribution in [0.25, 0.3) is 11.0 Å². The minimum absolute atomic E-state index is 0.0377. The predicted molar refractivity (Wildman–Crippen MR) is 119 cm³/mol. The summed E-state index contributed by atoms with van der Waals surface area (Å²) in [4.78, 5) is 25.4. The maximum atomic E-state index is 12.7. The zero-order valence-corrected chi connectivity index (χ0v) is 17.9. The van der Waals surface area contributed by atoms with Crippen LogP contribution in [0.1, 0.15) is 44.0 Å². The lowest BCUT2D eigenvalue weighted by Crippen LogP contribution is -2.15. The molecule has 0 unspecified atom stereocenters. The van der Waals surface area contributed by atoms with Crippen LogP contribution in [0.15, 0.2) is 69.9 Å². The van der Waals surface area contributed by atoms with Crippen molar-refractivity contribution >= 4 is 16.9 Å². The Morgan fingerprint density at radius 3 is 2.55 bits per heavy atom. The van der Waals surface area contributed by atoms with Gasteiger partial charge in [0.25, 0.3) is 0 Å². The number of allylic oxidation sites excluding steroid dienone is 1. The zero-order chi connectivity index (χ0) is 22.2. The number of ether oxygens (including phenoxy) is 3. The van der Waals surface area contributed by atoms with Gasteiger partial charge in [-0.25, -0.2) is 9.59 Å². The Hall–Kier alpha value is -3.54. The Morgan fingerprint density at radius 2 is 1.84 bits per heavy atom. The smallest absolute Gasteiger partial charge is 0.383 e. The molecule has 3 aromatic rings. The Morgan fingerprint density at radius 1 is 1.06 bits per heavy atom. The van der Waals surface area contributed by atoms with Crippen molar-refractivity contribution in [1.29, 1.82) is 0 Å². The lowest BCUT2D eigenvalue weighted by molar-refractivity contribution is 0.0729. The van der Waals surface area contributed by atoms with Crippen LogP contribution in [0.5, 0.6) is 17.2 Å². The first-order valence-corrected chi connectivity index (χ1v) is 10.3. The first-order valence-electron chi connectivity index (χ1n) is 10.3. The van der Waals surface area contributed by atoms with Gasteiger partial charge in [0.1, 0.15) is 11.3 Å². The molecule has 0 radical (unpaired) electrons. The number of hydrogen-bond acceptors (Lipinski definition) is 6. The number of rotatable bonds is 9. The highest BCUT2D eigenvalue weighted by atomic mass is 16.6. The van der Waals surface area contributed by atoms with Crippen LogP contribution in [0.2, 0.25) is 0 Å². The first kappa shape index (κ1) is 22.2. The molecule has 0 aliphatic carbocycles. The minimum Gasteiger partial charge on any atom is -0.491 e. The summed E-state index contributed by atoms with van der Waals surface area (Å²) in [6.07, 6.45) is 5.46. The van der Waals surface area contributed by atoms with Crippen molar-refractivity contribution in [3.63, 3.8) is 0 Å². The second kappa shape index (κ2) is 10.5. The molecule has 0 bridgehead atoms. The lowest BCUT2D eigenvalue weighted by atomic mass is 10.2.